The predicted octanol–water partition coefficient (Wildman–Crippen LogP) is 3.98. The van der Waals surface area contributed by atoms with Crippen molar-refractivity contribution >= 4 is 39.2 Å². The van der Waals surface area contributed by atoms with Crippen molar-refractivity contribution in [2.24, 2.45) is 0 Å². The van der Waals surface area contributed by atoms with Crippen molar-refractivity contribution in [2.45, 2.75) is 33.3 Å². The molecule has 9 nitrogen and oxygen atoms in total. The highest BCUT2D eigenvalue weighted by Crippen LogP contribution is 2.26. The summed E-state index contributed by atoms with van der Waals surface area (Å²) in [6.07, 6.45) is 0.584. The first-order chi connectivity index (χ1) is 12.5. The van der Waals surface area contributed by atoms with Crippen molar-refractivity contribution < 1.29 is 19.2 Å². The lowest BCUT2D eigenvalue weighted by atomic mass is 10.1. The summed E-state index contributed by atoms with van der Waals surface area (Å²) >= 11 is 0.775. The number of anilines is 2. The summed E-state index contributed by atoms with van der Waals surface area (Å²) in [5.41, 5.74) is 0.958. The Kier molecular flexibility index (Phi) is 5.79. The largest absolute Gasteiger partial charge is 0.443 e. The molecule has 0 atom stereocenters. The Morgan fingerprint density at radius 3 is 2.52 bits per heavy atom. The Morgan fingerprint density at radius 2 is 2.00 bits per heavy atom. The van der Waals surface area contributed by atoms with Crippen LogP contribution in [0.1, 0.15) is 36.7 Å². The molecule has 1 aromatic heterocycles. The van der Waals surface area contributed by atoms with Gasteiger partial charge in [0.25, 0.3) is 5.91 Å². The van der Waals surface area contributed by atoms with Crippen LogP contribution in [0.4, 0.5) is 20.6 Å². The van der Waals surface area contributed by atoms with Gasteiger partial charge < -0.3 is 4.74 Å². The number of benzene rings is 1. The van der Waals surface area contributed by atoms with Gasteiger partial charge in [-0.15, -0.1) is 0 Å². The number of ether oxygens (including phenoxy) is 1. The standard InChI is InChI=1S/C17H20N4O5S/c1-10-8-11(20(5)16(23)26-17(2,3)4)6-7-12(10)14(22)19-15-18-9-13(27-15)21(24)25/h6-9H,1-5H3,(H,18,19,22). The second kappa shape index (κ2) is 7.70. The summed E-state index contributed by atoms with van der Waals surface area (Å²) in [5, 5.41) is 13.2. The molecule has 0 aliphatic heterocycles. The van der Waals surface area contributed by atoms with Crippen LogP contribution in [0, 0.1) is 17.0 Å². The van der Waals surface area contributed by atoms with Gasteiger partial charge in [0, 0.05) is 18.3 Å². The number of carbonyl (C=O) groups excluding carboxylic acids is 2. The molecule has 0 aliphatic carbocycles. The maximum atomic E-state index is 12.4. The average Bonchev–Trinajstić information content (AvgIpc) is 3.01. The number of aryl methyl sites for hydroxylation is 1. The van der Waals surface area contributed by atoms with Crippen molar-refractivity contribution in [2.75, 3.05) is 17.3 Å². The smallest absolute Gasteiger partial charge is 0.414 e. The van der Waals surface area contributed by atoms with Crippen molar-refractivity contribution in [3.05, 3.63) is 45.6 Å². The zero-order valence-corrected chi connectivity index (χ0v) is 16.4. The number of rotatable bonds is 4. The van der Waals surface area contributed by atoms with Crippen molar-refractivity contribution in [3.8, 4) is 0 Å². The van der Waals surface area contributed by atoms with Gasteiger partial charge >= 0.3 is 11.1 Å². The molecule has 1 N–H and O–H groups in total. The summed E-state index contributed by atoms with van der Waals surface area (Å²) in [4.78, 5) is 39.8. The number of nitrogens with zero attached hydrogens (tertiary/aromatic N) is 3. The van der Waals surface area contributed by atoms with Crippen LogP contribution in [0.5, 0.6) is 0 Å². The fourth-order valence-corrected chi connectivity index (χ4v) is 2.75. The molecule has 0 saturated carbocycles. The van der Waals surface area contributed by atoms with E-state index in [2.05, 4.69) is 10.3 Å². The molecule has 1 aromatic carbocycles. The zero-order chi connectivity index (χ0) is 20.4. The topological polar surface area (TPSA) is 115 Å². The highest BCUT2D eigenvalue weighted by atomic mass is 32.1. The molecule has 0 unspecified atom stereocenters. The molecular weight excluding hydrogens is 372 g/mol. The lowest BCUT2D eigenvalue weighted by Crippen LogP contribution is -2.34. The van der Waals surface area contributed by atoms with E-state index in [9.17, 15) is 19.7 Å². The summed E-state index contributed by atoms with van der Waals surface area (Å²) in [5.74, 6) is -0.441. The lowest BCUT2D eigenvalue weighted by molar-refractivity contribution is -0.380. The van der Waals surface area contributed by atoms with Crippen LogP contribution in [-0.2, 0) is 4.74 Å². The molecule has 0 bridgehead atoms. The van der Waals surface area contributed by atoms with Gasteiger partial charge in [0.05, 0.1) is 4.92 Å². The minimum absolute atomic E-state index is 0.140. The summed E-state index contributed by atoms with van der Waals surface area (Å²) in [7, 11) is 1.58. The molecule has 2 amide bonds. The molecule has 0 fully saturated rings. The highest BCUT2D eigenvalue weighted by molar-refractivity contribution is 7.18. The van der Waals surface area contributed by atoms with Crippen molar-refractivity contribution in [1.29, 1.82) is 0 Å². The van der Waals surface area contributed by atoms with E-state index in [0.717, 1.165) is 17.5 Å². The molecule has 144 valence electrons. The quantitative estimate of drug-likeness (QED) is 0.621. The first kappa shape index (κ1) is 20.3. The number of nitrogens with one attached hydrogen (secondary N) is 1. The fraction of sp³-hybridized carbons (Fsp3) is 0.353. The number of thiazole rings is 1. The lowest BCUT2D eigenvalue weighted by Gasteiger charge is -2.25. The van der Waals surface area contributed by atoms with Crippen molar-refractivity contribution in [3.63, 3.8) is 0 Å². The summed E-state index contributed by atoms with van der Waals surface area (Å²) in [6.45, 7) is 7.06. The number of aromatic nitrogens is 1. The van der Waals surface area contributed by atoms with Crippen LogP contribution in [0.3, 0.4) is 0 Å². The maximum absolute atomic E-state index is 12.4. The van der Waals surface area contributed by atoms with Gasteiger partial charge in [0.2, 0.25) is 0 Å². The van der Waals surface area contributed by atoms with Gasteiger partial charge in [-0.25, -0.2) is 9.78 Å². The molecule has 27 heavy (non-hydrogen) atoms. The molecule has 2 rings (SSSR count). The van der Waals surface area contributed by atoms with Crippen LogP contribution in [0.15, 0.2) is 24.4 Å². The van der Waals surface area contributed by atoms with Gasteiger partial charge in [-0.1, -0.05) is 0 Å². The van der Waals surface area contributed by atoms with E-state index in [1.807, 2.05) is 0 Å². The molecule has 0 aliphatic rings. The van der Waals surface area contributed by atoms with Crippen molar-refractivity contribution in [1.82, 2.24) is 4.98 Å². The van der Waals surface area contributed by atoms with Crippen LogP contribution in [0.25, 0.3) is 0 Å². The minimum atomic E-state index is -0.615. The van der Waals surface area contributed by atoms with E-state index >= 15 is 0 Å². The third kappa shape index (κ3) is 5.23. The van der Waals surface area contributed by atoms with Crippen LogP contribution >= 0.6 is 11.3 Å². The summed E-state index contributed by atoms with van der Waals surface area (Å²) < 4.78 is 5.32. The number of nitro groups is 1. The normalized spacial score (nSPS) is 11.0. The van der Waals surface area contributed by atoms with Crippen LogP contribution < -0.4 is 10.2 Å². The number of amides is 2. The second-order valence-electron chi connectivity index (χ2n) is 6.75. The zero-order valence-electron chi connectivity index (χ0n) is 15.6. The third-order valence-electron chi connectivity index (χ3n) is 3.40. The molecule has 0 radical (unpaired) electrons. The van der Waals surface area contributed by atoms with Gasteiger partial charge in [0.15, 0.2) is 5.13 Å². The Morgan fingerprint density at radius 1 is 1.33 bits per heavy atom. The van der Waals surface area contributed by atoms with E-state index in [1.165, 1.54) is 4.90 Å². The number of carbonyl (C=O) groups is 2. The van der Waals surface area contributed by atoms with E-state index in [0.29, 0.717) is 16.8 Å². The van der Waals surface area contributed by atoms with Gasteiger partial charge in [-0.05, 0) is 62.8 Å². The van der Waals surface area contributed by atoms with Gasteiger partial charge in [0.1, 0.15) is 11.8 Å². The average molecular weight is 392 g/mol. The first-order valence-electron chi connectivity index (χ1n) is 7.97. The molecule has 0 saturated heterocycles. The Hall–Kier alpha value is -3.01. The first-order valence-corrected chi connectivity index (χ1v) is 8.78. The Bertz CT molecular complexity index is 888. The molecule has 2 aromatic rings. The van der Waals surface area contributed by atoms with Gasteiger partial charge in [-0.3, -0.25) is 25.1 Å². The Labute approximate surface area is 160 Å². The number of hydrogen-bond donors (Lipinski definition) is 1. The highest BCUT2D eigenvalue weighted by Gasteiger charge is 2.22. The second-order valence-corrected chi connectivity index (χ2v) is 7.76. The Balaban J connectivity index is 2.14. The van der Waals surface area contributed by atoms with Crippen LogP contribution in [-0.4, -0.2) is 34.6 Å². The molecular formula is C17H20N4O5S. The third-order valence-corrected chi connectivity index (χ3v) is 4.27. The van der Waals surface area contributed by atoms with E-state index in [1.54, 1.807) is 52.9 Å². The molecule has 10 heteroatoms. The van der Waals surface area contributed by atoms with E-state index in [4.69, 9.17) is 4.74 Å². The predicted molar refractivity (Wildman–Crippen MR) is 103 cm³/mol. The van der Waals surface area contributed by atoms with E-state index < -0.39 is 22.5 Å². The van der Waals surface area contributed by atoms with Gasteiger partial charge in [-0.2, -0.15) is 0 Å². The minimum Gasteiger partial charge on any atom is -0.443 e. The van der Waals surface area contributed by atoms with E-state index in [-0.39, 0.29) is 10.1 Å². The maximum Gasteiger partial charge on any atom is 0.414 e. The monoisotopic (exact) mass is 392 g/mol. The summed E-state index contributed by atoms with van der Waals surface area (Å²) in [6, 6.07) is 4.88. The molecule has 0 spiro atoms. The van der Waals surface area contributed by atoms with Crippen LogP contribution in [0.2, 0.25) is 0 Å². The SMILES string of the molecule is Cc1cc(N(C)C(=O)OC(C)(C)C)ccc1C(=O)Nc1ncc([N+](=O)[O-])s1. The molecule has 1 heterocycles. The fourth-order valence-electron chi connectivity index (χ4n) is 2.12. The number of hydrogen-bond acceptors (Lipinski definition) is 7.